The Morgan fingerprint density at radius 2 is 1.38 bits per heavy atom. The Bertz CT molecular complexity index is 1170. The van der Waals surface area contributed by atoms with Crippen LogP contribution in [0.5, 0.6) is 0 Å². The topological polar surface area (TPSA) is 102 Å². The summed E-state index contributed by atoms with van der Waals surface area (Å²) in [4.78, 5) is 15.6. The van der Waals surface area contributed by atoms with Crippen LogP contribution in [0, 0.1) is 0 Å². The Morgan fingerprint density at radius 3 is 1.84 bits per heavy atom. The van der Waals surface area contributed by atoms with Crippen LogP contribution in [-0.2, 0) is 15.1 Å². The van der Waals surface area contributed by atoms with Gasteiger partial charge in [-0.3, -0.25) is 4.79 Å². The number of amides is 1. The lowest BCUT2D eigenvalue weighted by atomic mass is 9.76. The molecule has 7 heteroatoms. The molecule has 2 aliphatic rings. The number of carbonyl (C=O) groups excluding carboxylic acids is 1. The fraction of sp³-hybridized carbons (Fsp3) is 0.233. The SMILES string of the molecule is O=C(NC(c1ccccc1)(c1ccccc1)c1ccccc1)C1=CC=CN([C@@H]2O[C@H](CO)[C@@H](O)[C@H]2O)C1. The number of nitrogens with zero attached hydrogens (tertiary/aromatic N) is 1. The molecule has 0 bridgehead atoms. The van der Waals surface area contributed by atoms with Crippen molar-refractivity contribution in [2.75, 3.05) is 13.2 Å². The summed E-state index contributed by atoms with van der Waals surface area (Å²) < 4.78 is 5.68. The van der Waals surface area contributed by atoms with Crippen LogP contribution >= 0.6 is 0 Å². The van der Waals surface area contributed by atoms with E-state index in [-0.39, 0.29) is 12.5 Å². The Kier molecular flexibility index (Phi) is 7.21. The first-order chi connectivity index (χ1) is 18.0. The van der Waals surface area contributed by atoms with E-state index in [1.165, 1.54) is 0 Å². The molecule has 5 rings (SSSR count). The predicted octanol–water partition coefficient (Wildman–Crippen LogP) is 2.29. The summed E-state index contributed by atoms with van der Waals surface area (Å²) in [5.74, 6) is -0.280. The molecule has 3 aromatic carbocycles. The molecule has 190 valence electrons. The van der Waals surface area contributed by atoms with Gasteiger partial charge in [-0.2, -0.15) is 0 Å². The zero-order valence-electron chi connectivity index (χ0n) is 20.2. The summed E-state index contributed by atoms with van der Waals surface area (Å²) >= 11 is 0. The summed E-state index contributed by atoms with van der Waals surface area (Å²) in [5, 5.41) is 33.5. The minimum atomic E-state index is -1.22. The number of rotatable bonds is 7. The molecule has 0 aromatic heterocycles. The fourth-order valence-corrected chi connectivity index (χ4v) is 5.08. The standard InChI is InChI=1S/C30H30N2O5/c33-20-25-26(34)27(35)29(37-25)32-18-10-11-21(19-32)28(36)31-30(22-12-4-1-5-13-22,23-14-6-2-7-15-23)24-16-8-3-9-17-24/h1-18,25-27,29,33-35H,19-20H2,(H,31,36)/t25-,26-,27-,29-/m1/s1. The molecule has 4 N–H and O–H groups in total. The van der Waals surface area contributed by atoms with Crippen LogP contribution in [-0.4, -0.2) is 63.8 Å². The quantitative estimate of drug-likeness (QED) is 0.373. The molecule has 2 aliphatic heterocycles. The molecule has 1 saturated heterocycles. The maximum absolute atomic E-state index is 13.9. The molecule has 1 amide bonds. The molecule has 3 aromatic rings. The highest BCUT2D eigenvalue weighted by Crippen LogP contribution is 2.37. The lowest BCUT2D eigenvalue weighted by Gasteiger charge is -2.38. The first-order valence-corrected chi connectivity index (χ1v) is 12.3. The van der Waals surface area contributed by atoms with E-state index in [0.29, 0.717) is 5.57 Å². The number of hydrogen-bond acceptors (Lipinski definition) is 6. The van der Waals surface area contributed by atoms with Crippen LogP contribution in [0.15, 0.2) is 115 Å². The molecule has 7 nitrogen and oxygen atoms in total. The maximum atomic E-state index is 13.9. The highest BCUT2D eigenvalue weighted by Gasteiger charge is 2.45. The predicted molar refractivity (Wildman–Crippen MR) is 139 cm³/mol. The number of nitrogens with one attached hydrogen (secondary N) is 1. The third kappa shape index (κ3) is 4.70. The van der Waals surface area contributed by atoms with Gasteiger partial charge in [-0.25, -0.2) is 0 Å². The van der Waals surface area contributed by atoms with Gasteiger partial charge < -0.3 is 30.3 Å². The Labute approximate surface area is 216 Å². The van der Waals surface area contributed by atoms with E-state index in [1.54, 1.807) is 23.3 Å². The number of allylic oxidation sites excluding steroid dienone is 2. The van der Waals surface area contributed by atoms with Crippen molar-refractivity contribution in [1.29, 1.82) is 0 Å². The molecular formula is C30H30N2O5. The van der Waals surface area contributed by atoms with Gasteiger partial charge in [-0.15, -0.1) is 0 Å². The van der Waals surface area contributed by atoms with E-state index < -0.39 is 36.7 Å². The molecule has 0 spiro atoms. The van der Waals surface area contributed by atoms with Crippen LogP contribution < -0.4 is 5.32 Å². The van der Waals surface area contributed by atoms with Crippen molar-refractivity contribution in [3.63, 3.8) is 0 Å². The molecular weight excluding hydrogens is 468 g/mol. The third-order valence-corrected chi connectivity index (χ3v) is 6.98. The second kappa shape index (κ2) is 10.7. The van der Waals surface area contributed by atoms with Gasteiger partial charge in [-0.05, 0) is 22.8 Å². The van der Waals surface area contributed by atoms with E-state index in [2.05, 4.69) is 5.32 Å². The van der Waals surface area contributed by atoms with Crippen LogP contribution in [0.2, 0.25) is 0 Å². The largest absolute Gasteiger partial charge is 0.394 e. The maximum Gasteiger partial charge on any atom is 0.250 e. The van der Waals surface area contributed by atoms with Crippen molar-refractivity contribution in [2.45, 2.75) is 30.1 Å². The molecule has 0 aliphatic carbocycles. The van der Waals surface area contributed by atoms with Crippen molar-refractivity contribution >= 4 is 5.91 Å². The van der Waals surface area contributed by atoms with Gasteiger partial charge in [0.05, 0.1) is 13.2 Å². The van der Waals surface area contributed by atoms with E-state index in [4.69, 9.17) is 4.74 Å². The zero-order valence-corrected chi connectivity index (χ0v) is 20.2. The van der Waals surface area contributed by atoms with E-state index in [9.17, 15) is 20.1 Å². The number of aliphatic hydroxyl groups is 3. The number of hydrogen-bond donors (Lipinski definition) is 4. The van der Waals surface area contributed by atoms with Crippen molar-refractivity contribution in [2.24, 2.45) is 0 Å². The van der Waals surface area contributed by atoms with Crippen molar-refractivity contribution in [3.8, 4) is 0 Å². The highest BCUT2D eigenvalue weighted by molar-refractivity contribution is 5.95. The fourth-order valence-electron chi connectivity index (χ4n) is 5.08. The van der Waals surface area contributed by atoms with E-state index >= 15 is 0 Å². The summed E-state index contributed by atoms with van der Waals surface area (Å²) in [6.45, 7) is -0.257. The second-order valence-electron chi connectivity index (χ2n) is 9.24. The molecule has 0 unspecified atom stereocenters. The summed E-state index contributed by atoms with van der Waals surface area (Å²) in [5.41, 5.74) is 2.23. The lowest BCUT2D eigenvalue weighted by molar-refractivity contribution is -0.119. The van der Waals surface area contributed by atoms with Crippen molar-refractivity contribution in [1.82, 2.24) is 10.2 Å². The summed E-state index contributed by atoms with van der Waals surface area (Å²) in [6.07, 6.45) is 0.937. The summed E-state index contributed by atoms with van der Waals surface area (Å²) in [7, 11) is 0. The van der Waals surface area contributed by atoms with Gasteiger partial charge in [0, 0.05) is 11.8 Å². The first-order valence-electron chi connectivity index (χ1n) is 12.3. The van der Waals surface area contributed by atoms with Crippen LogP contribution in [0.3, 0.4) is 0 Å². The van der Waals surface area contributed by atoms with Crippen LogP contribution in [0.1, 0.15) is 16.7 Å². The van der Waals surface area contributed by atoms with Crippen molar-refractivity contribution < 1.29 is 24.9 Å². The minimum absolute atomic E-state index is 0.156. The average Bonchev–Trinajstić information content (AvgIpc) is 3.26. The normalized spacial score (nSPS) is 23.5. The van der Waals surface area contributed by atoms with Gasteiger partial charge in [0.2, 0.25) is 5.91 Å². The molecule has 0 saturated carbocycles. The molecule has 37 heavy (non-hydrogen) atoms. The van der Waals surface area contributed by atoms with Crippen LogP contribution in [0.25, 0.3) is 0 Å². The van der Waals surface area contributed by atoms with Gasteiger partial charge in [0.15, 0.2) is 6.23 Å². The zero-order chi connectivity index (χ0) is 25.8. The lowest BCUT2D eigenvalue weighted by Crippen LogP contribution is -2.50. The Morgan fingerprint density at radius 1 is 0.865 bits per heavy atom. The summed E-state index contributed by atoms with van der Waals surface area (Å²) in [6, 6.07) is 29.6. The number of ether oxygens (including phenoxy) is 1. The monoisotopic (exact) mass is 498 g/mol. The number of carbonyl (C=O) groups is 1. The second-order valence-corrected chi connectivity index (χ2v) is 9.24. The number of benzene rings is 3. The van der Waals surface area contributed by atoms with Crippen molar-refractivity contribution in [3.05, 3.63) is 132 Å². The van der Waals surface area contributed by atoms with Gasteiger partial charge in [0.25, 0.3) is 0 Å². The molecule has 0 radical (unpaired) electrons. The Balaban J connectivity index is 1.50. The third-order valence-electron chi connectivity index (χ3n) is 6.98. The molecule has 4 atom stereocenters. The van der Waals surface area contributed by atoms with Gasteiger partial charge >= 0.3 is 0 Å². The molecule has 2 heterocycles. The van der Waals surface area contributed by atoms with E-state index in [1.807, 2.05) is 91.0 Å². The van der Waals surface area contributed by atoms with Crippen LogP contribution in [0.4, 0.5) is 0 Å². The van der Waals surface area contributed by atoms with E-state index in [0.717, 1.165) is 16.7 Å². The molecule has 1 fully saturated rings. The average molecular weight is 499 g/mol. The first kappa shape index (κ1) is 24.9. The number of aliphatic hydroxyl groups excluding tert-OH is 3. The smallest absolute Gasteiger partial charge is 0.250 e. The van der Waals surface area contributed by atoms with Gasteiger partial charge in [0.1, 0.15) is 23.9 Å². The highest BCUT2D eigenvalue weighted by atomic mass is 16.6. The minimum Gasteiger partial charge on any atom is -0.394 e. The Hall–Kier alpha value is -3.75. The van der Waals surface area contributed by atoms with Gasteiger partial charge in [-0.1, -0.05) is 97.1 Å².